The molecular weight excluding hydrogens is 204 g/mol. The lowest BCUT2D eigenvalue weighted by atomic mass is 9.78. The molecule has 2 aliphatic rings. The van der Waals surface area contributed by atoms with Crippen molar-refractivity contribution in [2.45, 2.75) is 31.1 Å². The molecule has 2 N–H and O–H groups in total. The second kappa shape index (κ2) is 3.00. The van der Waals surface area contributed by atoms with E-state index in [1.807, 2.05) is 12.1 Å². The van der Waals surface area contributed by atoms with Gasteiger partial charge in [0.15, 0.2) is 0 Å². The minimum absolute atomic E-state index is 0.168. The number of benzene rings is 1. The van der Waals surface area contributed by atoms with Gasteiger partial charge in [-0.05, 0) is 42.9 Å². The summed E-state index contributed by atoms with van der Waals surface area (Å²) in [7, 11) is 0. The Kier molecular flexibility index (Phi) is 1.82. The third kappa shape index (κ3) is 1.11. The molecule has 0 aromatic heterocycles. The van der Waals surface area contributed by atoms with Gasteiger partial charge in [0.1, 0.15) is 5.75 Å². The van der Waals surface area contributed by atoms with Gasteiger partial charge in [0.2, 0.25) is 0 Å². The lowest BCUT2D eigenvalue weighted by Crippen LogP contribution is -2.21. The summed E-state index contributed by atoms with van der Waals surface area (Å²) in [4.78, 5) is 11.1. The maximum atomic E-state index is 11.1. The SMILES string of the molecule is O=C(O)C1CC12CCCc1c(O)cccc12. The van der Waals surface area contributed by atoms with Crippen LogP contribution in [0.25, 0.3) is 0 Å². The monoisotopic (exact) mass is 218 g/mol. The molecule has 3 nitrogen and oxygen atoms in total. The van der Waals surface area contributed by atoms with Crippen molar-refractivity contribution in [1.29, 1.82) is 0 Å². The fourth-order valence-electron chi connectivity index (χ4n) is 3.22. The number of phenols is 1. The molecule has 2 atom stereocenters. The van der Waals surface area contributed by atoms with Gasteiger partial charge < -0.3 is 10.2 Å². The van der Waals surface area contributed by atoms with Crippen molar-refractivity contribution in [3.63, 3.8) is 0 Å². The van der Waals surface area contributed by atoms with Gasteiger partial charge in [0, 0.05) is 5.41 Å². The highest BCUT2D eigenvalue weighted by Crippen LogP contribution is 2.61. The van der Waals surface area contributed by atoms with E-state index in [1.165, 1.54) is 0 Å². The van der Waals surface area contributed by atoms with Crippen LogP contribution in [-0.4, -0.2) is 16.2 Å². The van der Waals surface area contributed by atoms with Crippen LogP contribution in [0.4, 0.5) is 0 Å². The van der Waals surface area contributed by atoms with E-state index >= 15 is 0 Å². The highest BCUT2D eigenvalue weighted by atomic mass is 16.4. The highest BCUT2D eigenvalue weighted by Gasteiger charge is 2.60. The minimum Gasteiger partial charge on any atom is -0.508 e. The average Bonchev–Trinajstić information content (AvgIpc) is 2.96. The molecule has 0 bridgehead atoms. The van der Waals surface area contributed by atoms with E-state index in [9.17, 15) is 9.90 Å². The maximum absolute atomic E-state index is 11.1. The van der Waals surface area contributed by atoms with Gasteiger partial charge in [0.25, 0.3) is 0 Å². The zero-order valence-electron chi connectivity index (χ0n) is 8.94. The van der Waals surface area contributed by atoms with Crippen molar-refractivity contribution in [2.75, 3.05) is 0 Å². The van der Waals surface area contributed by atoms with Crippen LogP contribution < -0.4 is 0 Å². The Morgan fingerprint density at radius 3 is 2.94 bits per heavy atom. The van der Waals surface area contributed by atoms with Gasteiger partial charge in [-0.1, -0.05) is 12.1 Å². The molecule has 0 saturated heterocycles. The van der Waals surface area contributed by atoms with E-state index in [0.717, 1.165) is 36.8 Å². The van der Waals surface area contributed by atoms with E-state index in [0.29, 0.717) is 5.75 Å². The van der Waals surface area contributed by atoms with E-state index in [2.05, 4.69) is 0 Å². The third-order valence-electron chi connectivity index (χ3n) is 4.11. The van der Waals surface area contributed by atoms with Crippen molar-refractivity contribution < 1.29 is 15.0 Å². The van der Waals surface area contributed by atoms with Crippen molar-refractivity contribution in [1.82, 2.24) is 0 Å². The van der Waals surface area contributed by atoms with Crippen LogP contribution in [-0.2, 0) is 16.6 Å². The van der Waals surface area contributed by atoms with Gasteiger partial charge in [-0.3, -0.25) is 4.79 Å². The molecule has 0 aliphatic heterocycles. The molecule has 0 amide bonds. The van der Waals surface area contributed by atoms with Gasteiger partial charge in [-0.15, -0.1) is 0 Å². The van der Waals surface area contributed by atoms with Crippen molar-refractivity contribution in [2.24, 2.45) is 5.92 Å². The Morgan fingerprint density at radius 1 is 1.44 bits per heavy atom. The number of carboxylic acid groups (broad SMARTS) is 1. The van der Waals surface area contributed by atoms with Crippen LogP contribution in [0.3, 0.4) is 0 Å². The fourth-order valence-corrected chi connectivity index (χ4v) is 3.22. The van der Waals surface area contributed by atoms with Crippen LogP contribution in [0.5, 0.6) is 5.75 Å². The van der Waals surface area contributed by atoms with E-state index in [4.69, 9.17) is 5.11 Å². The third-order valence-corrected chi connectivity index (χ3v) is 4.11. The molecule has 1 fully saturated rings. The first kappa shape index (κ1) is 9.70. The van der Waals surface area contributed by atoms with Gasteiger partial charge in [-0.25, -0.2) is 0 Å². The van der Waals surface area contributed by atoms with Crippen LogP contribution in [0, 0.1) is 5.92 Å². The smallest absolute Gasteiger partial charge is 0.307 e. The van der Waals surface area contributed by atoms with E-state index < -0.39 is 5.97 Å². The molecular formula is C13H14O3. The molecule has 1 saturated carbocycles. The zero-order chi connectivity index (χ0) is 11.3. The Balaban J connectivity index is 2.09. The molecule has 3 heteroatoms. The minimum atomic E-state index is -0.698. The largest absolute Gasteiger partial charge is 0.508 e. The van der Waals surface area contributed by atoms with Crippen molar-refractivity contribution in [3.8, 4) is 5.75 Å². The topological polar surface area (TPSA) is 57.5 Å². The molecule has 16 heavy (non-hydrogen) atoms. The molecule has 0 heterocycles. The summed E-state index contributed by atoms with van der Waals surface area (Å²) in [6.45, 7) is 0. The summed E-state index contributed by atoms with van der Waals surface area (Å²) < 4.78 is 0. The summed E-state index contributed by atoms with van der Waals surface area (Å²) in [5.41, 5.74) is 1.88. The molecule has 1 spiro atoms. The first-order valence-corrected chi connectivity index (χ1v) is 5.69. The number of aliphatic carboxylic acids is 1. The Labute approximate surface area is 93.7 Å². The van der Waals surface area contributed by atoms with Crippen LogP contribution in [0.2, 0.25) is 0 Å². The Bertz CT molecular complexity index is 466. The van der Waals surface area contributed by atoms with Gasteiger partial charge >= 0.3 is 5.97 Å². The highest BCUT2D eigenvalue weighted by molar-refractivity contribution is 5.78. The predicted molar refractivity (Wildman–Crippen MR) is 58.5 cm³/mol. The lowest BCUT2D eigenvalue weighted by Gasteiger charge is -2.26. The molecule has 1 aromatic rings. The van der Waals surface area contributed by atoms with Crippen LogP contribution in [0.1, 0.15) is 30.4 Å². The molecule has 2 unspecified atom stereocenters. The zero-order valence-corrected chi connectivity index (χ0v) is 8.94. The molecule has 1 aromatic carbocycles. The normalized spacial score (nSPS) is 31.1. The number of carboxylic acids is 1. The summed E-state index contributed by atoms with van der Waals surface area (Å²) >= 11 is 0. The first-order valence-electron chi connectivity index (χ1n) is 5.69. The quantitative estimate of drug-likeness (QED) is 0.758. The van der Waals surface area contributed by atoms with Gasteiger partial charge in [0.05, 0.1) is 5.92 Å². The Morgan fingerprint density at radius 2 is 2.25 bits per heavy atom. The Hall–Kier alpha value is -1.51. The number of hydrogen-bond donors (Lipinski definition) is 2. The molecule has 3 rings (SSSR count). The lowest BCUT2D eigenvalue weighted by molar-refractivity contribution is -0.139. The second-order valence-corrected chi connectivity index (χ2v) is 4.91. The summed E-state index contributed by atoms with van der Waals surface area (Å²) in [6, 6.07) is 5.49. The van der Waals surface area contributed by atoms with Crippen LogP contribution in [0.15, 0.2) is 18.2 Å². The number of rotatable bonds is 1. The average molecular weight is 218 g/mol. The summed E-state index contributed by atoms with van der Waals surface area (Å²) in [5.74, 6) is -0.614. The van der Waals surface area contributed by atoms with Crippen molar-refractivity contribution in [3.05, 3.63) is 29.3 Å². The maximum Gasteiger partial charge on any atom is 0.307 e. The number of phenolic OH excluding ortho intramolecular Hbond substituents is 1. The number of aromatic hydroxyl groups is 1. The number of carbonyl (C=O) groups is 1. The molecule has 0 radical (unpaired) electrons. The number of fused-ring (bicyclic) bond motifs is 2. The van der Waals surface area contributed by atoms with Crippen LogP contribution >= 0.6 is 0 Å². The summed E-state index contributed by atoms with van der Waals surface area (Å²) in [5, 5.41) is 18.9. The number of hydrogen-bond acceptors (Lipinski definition) is 2. The first-order chi connectivity index (χ1) is 7.65. The van der Waals surface area contributed by atoms with E-state index in [-0.39, 0.29) is 11.3 Å². The summed E-state index contributed by atoms with van der Waals surface area (Å²) in [6.07, 6.45) is 3.53. The van der Waals surface area contributed by atoms with E-state index in [1.54, 1.807) is 6.07 Å². The van der Waals surface area contributed by atoms with Crippen molar-refractivity contribution >= 4 is 5.97 Å². The fraction of sp³-hybridized carbons (Fsp3) is 0.462. The van der Waals surface area contributed by atoms with Gasteiger partial charge in [-0.2, -0.15) is 0 Å². The molecule has 84 valence electrons. The molecule has 2 aliphatic carbocycles. The second-order valence-electron chi connectivity index (χ2n) is 4.91. The standard InChI is InChI=1S/C13H14O3/c14-11-5-1-4-9-8(11)3-2-6-13(9)7-10(13)12(15)16/h1,4-5,10,14H,2-3,6-7H2,(H,15,16). The predicted octanol–water partition coefficient (Wildman–Crippen LogP) is 2.07.